The molecular formula is C19H26F2N2O5S. The third kappa shape index (κ3) is 4.93. The maximum absolute atomic E-state index is 14.0. The minimum atomic E-state index is -4.07. The first kappa shape index (κ1) is 22.1. The van der Waals surface area contributed by atoms with Gasteiger partial charge in [0, 0.05) is 51.6 Å². The van der Waals surface area contributed by atoms with Crippen molar-refractivity contribution in [2.75, 3.05) is 40.0 Å². The summed E-state index contributed by atoms with van der Waals surface area (Å²) in [6.07, 6.45) is 2.34. The lowest BCUT2D eigenvalue weighted by atomic mass is 9.98. The summed E-state index contributed by atoms with van der Waals surface area (Å²) in [5.41, 5.74) is 0. The smallest absolute Gasteiger partial charge is 0.249 e. The summed E-state index contributed by atoms with van der Waals surface area (Å²) in [7, 11) is -2.61. The van der Waals surface area contributed by atoms with E-state index in [-0.39, 0.29) is 37.7 Å². The van der Waals surface area contributed by atoms with Gasteiger partial charge >= 0.3 is 0 Å². The molecular weight excluding hydrogens is 406 g/mol. The molecule has 7 nitrogen and oxygen atoms in total. The molecule has 0 bridgehead atoms. The first-order valence-corrected chi connectivity index (χ1v) is 11.1. The average Bonchev–Trinajstić information content (AvgIpc) is 2.69. The third-order valence-corrected chi connectivity index (χ3v) is 7.40. The Bertz CT molecular complexity index is 822. The number of amides is 1. The molecule has 0 aliphatic carbocycles. The van der Waals surface area contributed by atoms with Crippen molar-refractivity contribution in [2.24, 2.45) is 0 Å². The summed E-state index contributed by atoms with van der Waals surface area (Å²) in [6, 6.07) is 2.36. The topological polar surface area (TPSA) is 76.2 Å². The molecule has 0 unspecified atom stereocenters. The van der Waals surface area contributed by atoms with Gasteiger partial charge in [0.05, 0.1) is 0 Å². The zero-order valence-corrected chi connectivity index (χ0v) is 17.2. The van der Waals surface area contributed by atoms with E-state index < -0.39 is 26.6 Å². The number of methoxy groups -OCH3 is 1. The first-order chi connectivity index (χ1) is 13.8. The van der Waals surface area contributed by atoms with Crippen molar-refractivity contribution >= 4 is 15.9 Å². The Morgan fingerprint density at radius 3 is 2.38 bits per heavy atom. The molecule has 2 heterocycles. The lowest BCUT2D eigenvalue weighted by molar-refractivity contribution is -0.143. The highest BCUT2D eigenvalue weighted by atomic mass is 32.2. The van der Waals surface area contributed by atoms with Crippen LogP contribution in [0.25, 0.3) is 0 Å². The molecule has 2 aliphatic heterocycles. The van der Waals surface area contributed by atoms with Gasteiger partial charge in [0.2, 0.25) is 15.9 Å². The van der Waals surface area contributed by atoms with E-state index in [0.717, 1.165) is 25.0 Å². The lowest BCUT2D eigenvalue weighted by Gasteiger charge is -2.43. The van der Waals surface area contributed by atoms with E-state index in [4.69, 9.17) is 9.47 Å². The van der Waals surface area contributed by atoms with Gasteiger partial charge in [-0.25, -0.2) is 17.2 Å². The van der Waals surface area contributed by atoms with E-state index in [9.17, 15) is 22.0 Å². The van der Waals surface area contributed by atoms with Crippen LogP contribution in [0, 0.1) is 11.6 Å². The Morgan fingerprint density at radius 2 is 1.79 bits per heavy atom. The van der Waals surface area contributed by atoms with Crippen LogP contribution in [0.2, 0.25) is 0 Å². The van der Waals surface area contributed by atoms with Crippen LogP contribution in [0.5, 0.6) is 0 Å². The summed E-state index contributed by atoms with van der Waals surface area (Å²) >= 11 is 0. The fourth-order valence-corrected chi connectivity index (χ4v) is 5.57. The number of benzene rings is 1. The molecule has 0 radical (unpaired) electrons. The largest absolute Gasteiger partial charge is 0.381 e. The quantitative estimate of drug-likeness (QED) is 0.685. The molecule has 0 spiro atoms. The zero-order valence-electron chi connectivity index (χ0n) is 16.4. The SMILES string of the molecule is COCC(=O)N(C1CCOCC1)C1CCN(S(=O)(=O)c2ccc(F)cc2F)CC1. The molecule has 29 heavy (non-hydrogen) atoms. The van der Waals surface area contributed by atoms with Crippen LogP contribution in [-0.4, -0.2) is 75.6 Å². The van der Waals surface area contributed by atoms with Crippen LogP contribution in [0.1, 0.15) is 25.7 Å². The molecule has 0 atom stereocenters. The molecule has 2 saturated heterocycles. The number of hydrogen-bond donors (Lipinski definition) is 0. The average molecular weight is 432 g/mol. The maximum atomic E-state index is 14.0. The summed E-state index contributed by atoms with van der Waals surface area (Å²) in [6.45, 7) is 1.45. The van der Waals surface area contributed by atoms with Gasteiger partial charge in [0.25, 0.3) is 0 Å². The summed E-state index contributed by atoms with van der Waals surface area (Å²) in [4.78, 5) is 14.0. The van der Waals surface area contributed by atoms with Crippen molar-refractivity contribution in [2.45, 2.75) is 42.7 Å². The van der Waals surface area contributed by atoms with Crippen LogP contribution in [0.15, 0.2) is 23.1 Å². The highest BCUT2D eigenvalue weighted by Gasteiger charge is 2.37. The van der Waals surface area contributed by atoms with E-state index >= 15 is 0 Å². The van der Waals surface area contributed by atoms with Gasteiger partial charge in [-0.15, -0.1) is 0 Å². The Balaban J connectivity index is 1.72. The number of carbonyl (C=O) groups is 1. The summed E-state index contributed by atoms with van der Waals surface area (Å²) < 4.78 is 64.3. The number of rotatable bonds is 6. The third-order valence-electron chi connectivity index (χ3n) is 5.47. The second-order valence-corrected chi connectivity index (χ2v) is 9.19. The minimum Gasteiger partial charge on any atom is -0.381 e. The number of halogens is 2. The summed E-state index contributed by atoms with van der Waals surface area (Å²) in [5, 5.41) is 0. The number of hydrogen-bond acceptors (Lipinski definition) is 5. The standard InChI is InChI=1S/C19H26F2N2O5S/c1-27-13-19(24)23(16-6-10-28-11-7-16)15-4-8-22(9-5-15)29(25,26)18-3-2-14(20)12-17(18)21/h2-3,12,15-16H,4-11,13H2,1H3. The predicted molar refractivity (Wildman–Crippen MR) is 101 cm³/mol. The van der Waals surface area contributed by atoms with Gasteiger partial charge in [0.15, 0.2) is 0 Å². The molecule has 0 aromatic heterocycles. The van der Waals surface area contributed by atoms with E-state index in [1.807, 2.05) is 4.90 Å². The van der Waals surface area contributed by atoms with Crippen molar-refractivity contribution < 1.29 is 31.5 Å². The first-order valence-electron chi connectivity index (χ1n) is 9.67. The Hall–Kier alpha value is -1.62. The van der Waals surface area contributed by atoms with Crippen molar-refractivity contribution in [3.8, 4) is 0 Å². The van der Waals surface area contributed by atoms with E-state index in [1.54, 1.807) is 0 Å². The molecule has 10 heteroatoms. The van der Waals surface area contributed by atoms with Crippen molar-refractivity contribution in [3.63, 3.8) is 0 Å². The minimum absolute atomic E-state index is 0.0311. The van der Waals surface area contributed by atoms with E-state index in [0.29, 0.717) is 32.1 Å². The monoisotopic (exact) mass is 432 g/mol. The summed E-state index contributed by atoms with van der Waals surface area (Å²) in [5.74, 6) is -2.06. The second-order valence-electron chi connectivity index (χ2n) is 7.29. The number of carbonyl (C=O) groups excluding carboxylic acids is 1. The Morgan fingerprint density at radius 1 is 1.17 bits per heavy atom. The van der Waals surface area contributed by atoms with Gasteiger partial charge in [-0.3, -0.25) is 4.79 Å². The van der Waals surface area contributed by atoms with Gasteiger partial charge in [-0.05, 0) is 37.8 Å². The molecule has 2 aliphatic rings. The van der Waals surface area contributed by atoms with Crippen LogP contribution < -0.4 is 0 Å². The molecule has 0 N–H and O–H groups in total. The van der Waals surface area contributed by atoms with Gasteiger partial charge < -0.3 is 14.4 Å². The molecule has 2 fully saturated rings. The van der Waals surface area contributed by atoms with Gasteiger partial charge in [0.1, 0.15) is 23.1 Å². The Kier molecular flexibility index (Phi) is 7.20. The van der Waals surface area contributed by atoms with Crippen LogP contribution >= 0.6 is 0 Å². The number of nitrogens with zero attached hydrogens (tertiary/aromatic N) is 2. The number of sulfonamides is 1. The lowest BCUT2D eigenvalue weighted by Crippen LogP contribution is -2.54. The highest BCUT2D eigenvalue weighted by molar-refractivity contribution is 7.89. The predicted octanol–water partition coefficient (Wildman–Crippen LogP) is 1.77. The van der Waals surface area contributed by atoms with Crippen molar-refractivity contribution in [1.82, 2.24) is 9.21 Å². The highest BCUT2D eigenvalue weighted by Crippen LogP contribution is 2.28. The van der Waals surface area contributed by atoms with Crippen LogP contribution in [0.3, 0.4) is 0 Å². The fraction of sp³-hybridized carbons (Fsp3) is 0.632. The number of ether oxygens (including phenoxy) is 2. The molecule has 1 amide bonds. The van der Waals surface area contributed by atoms with Crippen LogP contribution in [-0.2, 0) is 24.3 Å². The Labute approximate surface area is 169 Å². The van der Waals surface area contributed by atoms with E-state index in [2.05, 4.69) is 0 Å². The molecule has 162 valence electrons. The number of piperidine rings is 1. The molecule has 1 aromatic rings. The fourth-order valence-electron chi connectivity index (χ4n) is 4.05. The van der Waals surface area contributed by atoms with E-state index in [1.165, 1.54) is 11.4 Å². The van der Waals surface area contributed by atoms with Gasteiger partial charge in [-0.2, -0.15) is 4.31 Å². The molecule has 3 rings (SSSR count). The molecule has 1 aromatic carbocycles. The maximum Gasteiger partial charge on any atom is 0.249 e. The van der Waals surface area contributed by atoms with Crippen molar-refractivity contribution in [1.29, 1.82) is 0 Å². The van der Waals surface area contributed by atoms with Crippen LogP contribution in [0.4, 0.5) is 8.78 Å². The van der Waals surface area contributed by atoms with Gasteiger partial charge in [-0.1, -0.05) is 0 Å². The van der Waals surface area contributed by atoms with Crippen molar-refractivity contribution in [3.05, 3.63) is 29.8 Å². The second kappa shape index (κ2) is 9.46. The molecule has 0 saturated carbocycles. The zero-order chi connectivity index (χ0) is 21.0. The normalized spacial score (nSPS) is 20.0.